The van der Waals surface area contributed by atoms with Crippen LogP contribution in [0.25, 0.3) is 0 Å². The molecule has 0 aliphatic carbocycles. The van der Waals surface area contributed by atoms with Crippen LogP contribution in [0.5, 0.6) is 0 Å². The molecule has 1 rings (SSSR count). The van der Waals surface area contributed by atoms with E-state index in [1.807, 2.05) is 0 Å². The van der Waals surface area contributed by atoms with Crippen molar-refractivity contribution in [2.45, 2.75) is 38.2 Å². The van der Waals surface area contributed by atoms with Crippen LogP contribution in [-0.4, -0.2) is 31.6 Å². The molecule has 1 saturated heterocycles. The third-order valence-electron chi connectivity index (χ3n) is 2.24. The molecule has 1 heterocycles. The van der Waals surface area contributed by atoms with Gasteiger partial charge in [-0.1, -0.05) is 0 Å². The Bertz CT molecular complexity index is 182. The second kappa shape index (κ2) is 5.90. The van der Waals surface area contributed by atoms with Crippen LogP contribution in [0, 0.1) is 0 Å². The number of carbonyl (C=O) groups excluding carboxylic acids is 1. The number of ether oxygens (including phenoxy) is 1. The number of alkyl halides is 2. The molecule has 14 heavy (non-hydrogen) atoms. The second-order valence-corrected chi connectivity index (χ2v) is 3.37. The van der Waals surface area contributed by atoms with Gasteiger partial charge in [0, 0.05) is 13.2 Å². The molecule has 1 aliphatic heterocycles. The maximum atomic E-state index is 11.8. The van der Waals surface area contributed by atoms with Crippen molar-refractivity contribution in [1.82, 2.24) is 5.32 Å². The fraction of sp³-hybridized carbons (Fsp3) is 0.889. The summed E-state index contributed by atoms with van der Waals surface area (Å²) >= 11 is 0. The standard InChI is InChI=1S/C9H15F2NO2/c10-8(11)9(13)12-5-4-7-3-1-2-6-14-7/h7-8H,1-6H2,(H,12,13). The van der Waals surface area contributed by atoms with Gasteiger partial charge in [0.1, 0.15) is 0 Å². The summed E-state index contributed by atoms with van der Waals surface area (Å²) in [6.45, 7) is 1.02. The van der Waals surface area contributed by atoms with Gasteiger partial charge in [-0.2, -0.15) is 8.78 Å². The number of rotatable bonds is 4. The summed E-state index contributed by atoms with van der Waals surface area (Å²) < 4.78 is 28.9. The lowest BCUT2D eigenvalue weighted by Crippen LogP contribution is -2.33. The van der Waals surface area contributed by atoms with Crippen LogP contribution in [0.4, 0.5) is 8.78 Å². The molecular weight excluding hydrogens is 192 g/mol. The van der Waals surface area contributed by atoms with Crippen LogP contribution < -0.4 is 5.32 Å². The Balaban J connectivity index is 2.05. The quantitative estimate of drug-likeness (QED) is 0.755. The molecule has 82 valence electrons. The van der Waals surface area contributed by atoms with E-state index in [2.05, 4.69) is 5.32 Å². The van der Waals surface area contributed by atoms with Crippen molar-refractivity contribution in [3.05, 3.63) is 0 Å². The Morgan fingerprint density at radius 1 is 1.50 bits per heavy atom. The number of hydrogen-bond acceptors (Lipinski definition) is 2. The summed E-state index contributed by atoms with van der Waals surface area (Å²) in [7, 11) is 0. The van der Waals surface area contributed by atoms with E-state index in [0.29, 0.717) is 6.42 Å². The zero-order chi connectivity index (χ0) is 10.4. The third kappa shape index (κ3) is 4.00. The van der Waals surface area contributed by atoms with Crippen molar-refractivity contribution >= 4 is 5.91 Å². The van der Waals surface area contributed by atoms with Gasteiger partial charge in [-0.3, -0.25) is 4.79 Å². The zero-order valence-electron chi connectivity index (χ0n) is 7.97. The Labute approximate surface area is 81.8 Å². The van der Waals surface area contributed by atoms with E-state index in [4.69, 9.17) is 4.74 Å². The van der Waals surface area contributed by atoms with E-state index < -0.39 is 12.3 Å². The van der Waals surface area contributed by atoms with Gasteiger partial charge < -0.3 is 10.1 Å². The van der Waals surface area contributed by atoms with Crippen molar-refractivity contribution in [2.24, 2.45) is 0 Å². The minimum absolute atomic E-state index is 0.127. The average Bonchev–Trinajstić information content (AvgIpc) is 2.19. The number of carbonyl (C=O) groups is 1. The molecule has 1 unspecified atom stereocenters. The fourth-order valence-electron chi connectivity index (χ4n) is 1.47. The largest absolute Gasteiger partial charge is 0.378 e. The van der Waals surface area contributed by atoms with Gasteiger partial charge >= 0.3 is 6.43 Å². The first kappa shape index (κ1) is 11.4. The fourth-order valence-corrected chi connectivity index (χ4v) is 1.47. The lowest BCUT2D eigenvalue weighted by Gasteiger charge is -2.22. The molecule has 1 fully saturated rings. The van der Waals surface area contributed by atoms with E-state index >= 15 is 0 Å². The van der Waals surface area contributed by atoms with Gasteiger partial charge in [0.05, 0.1) is 6.10 Å². The van der Waals surface area contributed by atoms with Crippen LogP contribution in [0.3, 0.4) is 0 Å². The Hall–Kier alpha value is -0.710. The number of amides is 1. The minimum atomic E-state index is -2.91. The van der Waals surface area contributed by atoms with Crippen molar-refractivity contribution in [2.75, 3.05) is 13.2 Å². The summed E-state index contributed by atoms with van der Waals surface area (Å²) in [5.41, 5.74) is 0. The van der Waals surface area contributed by atoms with Crippen molar-refractivity contribution < 1.29 is 18.3 Å². The van der Waals surface area contributed by atoms with E-state index in [1.54, 1.807) is 0 Å². The Morgan fingerprint density at radius 2 is 2.29 bits per heavy atom. The van der Waals surface area contributed by atoms with Gasteiger partial charge in [-0.05, 0) is 25.7 Å². The lowest BCUT2D eigenvalue weighted by molar-refractivity contribution is -0.131. The summed E-state index contributed by atoms with van der Waals surface area (Å²) in [5, 5.41) is 2.16. The number of nitrogens with one attached hydrogen (secondary N) is 1. The zero-order valence-corrected chi connectivity index (χ0v) is 7.97. The summed E-state index contributed by atoms with van der Waals surface area (Å²) in [4.78, 5) is 10.5. The maximum Gasteiger partial charge on any atom is 0.315 e. The van der Waals surface area contributed by atoms with Crippen LogP contribution >= 0.6 is 0 Å². The molecule has 0 saturated carbocycles. The molecule has 3 nitrogen and oxygen atoms in total. The van der Waals surface area contributed by atoms with E-state index in [1.165, 1.54) is 0 Å². The third-order valence-corrected chi connectivity index (χ3v) is 2.24. The minimum Gasteiger partial charge on any atom is -0.378 e. The lowest BCUT2D eigenvalue weighted by atomic mass is 10.1. The Morgan fingerprint density at radius 3 is 2.86 bits per heavy atom. The second-order valence-electron chi connectivity index (χ2n) is 3.37. The molecule has 1 atom stereocenters. The van der Waals surface area contributed by atoms with Gasteiger partial charge in [0.25, 0.3) is 5.91 Å². The monoisotopic (exact) mass is 207 g/mol. The predicted octanol–water partition coefficient (Wildman–Crippen LogP) is 1.33. The SMILES string of the molecule is O=C(NCCC1CCCCO1)C(F)F. The van der Waals surface area contributed by atoms with Crippen LogP contribution in [-0.2, 0) is 9.53 Å². The highest BCUT2D eigenvalue weighted by Crippen LogP contribution is 2.14. The van der Waals surface area contributed by atoms with Crippen molar-refractivity contribution in [3.8, 4) is 0 Å². The first-order chi connectivity index (χ1) is 6.70. The molecule has 0 radical (unpaired) electrons. The average molecular weight is 207 g/mol. The highest BCUT2D eigenvalue weighted by Gasteiger charge is 2.16. The van der Waals surface area contributed by atoms with Crippen LogP contribution in [0.15, 0.2) is 0 Å². The predicted molar refractivity (Wildman–Crippen MR) is 47.2 cm³/mol. The number of halogens is 2. The van der Waals surface area contributed by atoms with Gasteiger partial charge in [0.15, 0.2) is 0 Å². The molecular formula is C9H15F2NO2. The normalized spacial score (nSPS) is 22.4. The highest BCUT2D eigenvalue weighted by molar-refractivity contribution is 5.78. The molecule has 5 heteroatoms. The molecule has 0 spiro atoms. The van der Waals surface area contributed by atoms with Gasteiger partial charge in [-0.25, -0.2) is 0 Å². The van der Waals surface area contributed by atoms with Crippen LogP contribution in [0.1, 0.15) is 25.7 Å². The molecule has 0 aromatic heterocycles. The van der Waals surface area contributed by atoms with Crippen LogP contribution in [0.2, 0.25) is 0 Å². The van der Waals surface area contributed by atoms with Gasteiger partial charge in [0.2, 0.25) is 0 Å². The molecule has 0 bridgehead atoms. The molecule has 0 aromatic carbocycles. The summed E-state index contributed by atoms with van der Waals surface area (Å²) in [6.07, 6.45) is 0.986. The molecule has 1 N–H and O–H groups in total. The Kier molecular flexibility index (Phi) is 4.79. The maximum absolute atomic E-state index is 11.8. The first-order valence-electron chi connectivity index (χ1n) is 4.87. The smallest absolute Gasteiger partial charge is 0.315 e. The van der Waals surface area contributed by atoms with Crippen molar-refractivity contribution in [1.29, 1.82) is 0 Å². The molecule has 1 amide bonds. The summed E-state index contributed by atoms with van der Waals surface area (Å²) in [6, 6.07) is 0. The van der Waals surface area contributed by atoms with E-state index in [0.717, 1.165) is 25.9 Å². The first-order valence-corrected chi connectivity index (χ1v) is 4.87. The molecule has 1 aliphatic rings. The van der Waals surface area contributed by atoms with E-state index in [9.17, 15) is 13.6 Å². The topological polar surface area (TPSA) is 38.3 Å². The van der Waals surface area contributed by atoms with Gasteiger partial charge in [-0.15, -0.1) is 0 Å². The highest BCUT2D eigenvalue weighted by atomic mass is 19.3. The van der Waals surface area contributed by atoms with E-state index in [-0.39, 0.29) is 12.6 Å². The molecule has 0 aromatic rings. The van der Waals surface area contributed by atoms with Crippen molar-refractivity contribution in [3.63, 3.8) is 0 Å². The summed E-state index contributed by atoms with van der Waals surface area (Å²) in [5.74, 6) is -1.19. The number of hydrogen-bond donors (Lipinski definition) is 1.